The highest BCUT2D eigenvalue weighted by Crippen LogP contribution is 2.41. The first-order valence-electron chi connectivity index (χ1n) is 18.6. The molecule has 9 rings (SSSR count). The lowest BCUT2D eigenvalue weighted by molar-refractivity contribution is 1.08. The van der Waals surface area contributed by atoms with Crippen LogP contribution in [0.2, 0.25) is 0 Å². The highest BCUT2D eigenvalue weighted by atomic mass is 32.1. The summed E-state index contributed by atoms with van der Waals surface area (Å²) in [6.07, 6.45) is 0. The van der Waals surface area contributed by atoms with E-state index >= 15 is 0 Å². The third-order valence-corrected chi connectivity index (χ3v) is 12.1. The molecule has 9 aromatic rings. The Morgan fingerprint density at radius 1 is 0.267 bits per heavy atom. The Kier molecular flexibility index (Phi) is 10.3. The maximum atomic E-state index is 7.12. The third-order valence-electron chi connectivity index (χ3n) is 10.9. The van der Waals surface area contributed by atoms with Crippen LogP contribution in [-0.2, 0) is 0 Å². The monoisotopic (exact) mass is 753 g/mol. The second-order valence-electron chi connectivity index (χ2n) is 14.4. The molecule has 0 aliphatic carbocycles. The van der Waals surface area contributed by atoms with E-state index in [1.807, 2.05) is 72.8 Å². The van der Waals surface area contributed by atoms with Crippen molar-refractivity contribution in [1.29, 1.82) is 0 Å². The van der Waals surface area contributed by atoms with Crippen LogP contribution in [0.3, 0.4) is 0 Å². The number of thiophene rings is 1. The van der Waals surface area contributed by atoms with Crippen molar-refractivity contribution in [2.75, 3.05) is 0 Å². The molecule has 3 nitrogen and oxygen atoms in total. The molecule has 22 radical (unpaired) electrons. The minimum Gasteiger partial charge on any atom is -0.208 e. The highest BCUT2D eigenvalue weighted by molar-refractivity contribution is 7.28. The third kappa shape index (κ3) is 6.48. The molecule has 0 saturated heterocycles. The second-order valence-corrected chi connectivity index (χ2v) is 15.4. The molecule has 0 N–H and O–H groups in total. The van der Waals surface area contributed by atoms with Gasteiger partial charge in [0.2, 0.25) is 0 Å². The van der Waals surface area contributed by atoms with Gasteiger partial charge in [-0.25, -0.2) is 15.0 Å². The van der Waals surface area contributed by atoms with Crippen LogP contribution in [0.15, 0.2) is 109 Å². The lowest BCUT2D eigenvalue weighted by Gasteiger charge is -2.25. The number of rotatable bonds is 6. The number of hydrogen-bond donors (Lipinski definition) is 0. The largest absolute Gasteiger partial charge is 0.208 e. The number of aromatic nitrogens is 3. The molecule has 0 spiro atoms. The van der Waals surface area contributed by atoms with Crippen LogP contribution in [0.5, 0.6) is 0 Å². The van der Waals surface area contributed by atoms with Gasteiger partial charge in [0.1, 0.15) is 86.3 Å². The Labute approximate surface area is 367 Å². The van der Waals surface area contributed by atoms with E-state index in [1.54, 1.807) is 0 Å². The summed E-state index contributed by atoms with van der Waals surface area (Å²) in [6.45, 7) is 0. The van der Waals surface area contributed by atoms with Gasteiger partial charge in [0.05, 0.1) is 0 Å². The molecule has 0 saturated carbocycles. The Morgan fingerprint density at radius 3 is 1.13 bits per heavy atom. The van der Waals surface area contributed by atoms with Crippen molar-refractivity contribution in [1.82, 2.24) is 15.0 Å². The summed E-state index contributed by atoms with van der Waals surface area (Å²) in [5, 5.41) is 0.937. The second kappa shape index (κ2) is 15.5. The van der Waals surface area contributed by atoms with E-state index in [4.69, 9.17) is 101 Å². The van der Waals surface area contributed by atoms with E-state index in [2.05, 4.69) is 36.4 Å². The first kappa shape index (κ1) is 39.9. The van der Waals surface area contributed by atoms with Crippen molar-refractivity contribution in [2.24, 2.45) is 0 Å². The SMILES string of the molecule is [B]c1c([B])c([B])c(-c2c([B])c([B])c(-c3nc(-c4ccccc4)nc(-c4ccc(-c5ccc(-c6ccccc6)cc5)cc4)n3)c3c2sc2c([B])c([B])c([B])c([B])c23)c([B])c1[B]. The van der Waals surface area contributed by atoms with Gasteiger partial charge in [-0.2, -0.15) is 0 Å². The van der Waals surface area contributed by atoms with Gasteiger partial charge in [-0.05, 0) is 38.8 Å². The number of fused-ring (bicyclic) bond motifs is 3. The summed E-state index contributed by atoms with van der Waals surface area (Å²) in [7, 11) is 72.7. The minimum atomic E-state index is 0.0327. The molecule has 0 aliphatic rings. The van der Waals surface area contributed by atoms with Crippen LogP contribution >= 0.6 is 11.3 Å². The van der Waals surface area contributed by atoms with Gasteiger partial charge >= 0.3 is 0 Å². The maximum Gasteiger partial charge on any atom is 0.164 e. The molecule has 15 heteroatoms. The molecule has 0 bridgehead atoms. The highest BCUT2D eigenvalue weighted by Gasteiger charge is 2.27. The first-order valence-corrected chi connectivity index (χ1v) is 19.5. The molecule has 0 amide bonds. The van der Waals surface area contributed by atoms with Gasteiger partial charge in [0.25, 0.3) is 0 Å². The fraction of sp³-hybridized carbons (Fsp3) is 0. The molecule has 0 fully saturated rings. The summed E-state index contributed by atoms with van der Waals surface area (Å²) in [4.78, 5) is 15.0. The molecule has 0 aliphatic heterocycles. The van der Waals surface area contributed by atoms with Crippen LogP contribution in [0.25, 0.3) is 87.7 Å². The van der Waals surface area contributed by atoms with Gasteiger partial charge < -0.3 is 0 Å². The average Bonchev–Trinajstić information content (AvgIpc) is 3.68. The molecule has 252 valence electrons. The summed E-state index contributed by atoms with van der Waals surface area (Å²) < 4.78 is 1.03. The van der Waals surface area contributed by atoms with E-state index in [1.165, 1.54) is 11.3 Å². The zero-order valence-electron chi connectivity index (χ0n) is 32.0. The van der Waals surface area contributed by atoms with Crippen LogP contribution in [0.4, 0.5) is 0 Å². The van der Waals surface area contributed by atoms with Crippen molar-refractivity contribution >= 4 is 178 Å². The Balaban J connectivity index is 1.30. The van der Waals surface area contributed by atoms with Gasteiger partial charge in [0, 0.05) is 31.5 Å². The lowest BCUT2D eigenvalue weighted by Crippen LogP contribution is -2.55. The Hall–Kier alpha value is -5.52. The molecule has 2 aromatic heterocycles. The minimum absolute atomic E-state index is 0.0327. The van der Waals surface area contributed by atoms with Gasteiger partial charge in [-0.1, -0.05) is 142 Å². The standard InChI is InChI=1S/C45H18B11N3S/c46-30-26(31(47)36(52)38(54)35(30)51)28-32(48)34(50)29(25-27-33(49)37(53)39(55)40(56)42(27)60-41(25)28)45-58-43(23-9-5-2-6-10-23)57-44(59-45)24-17-15-22(16-18-24)21-13-11-20(12-14-21)19-7-3-1-4-8-19/h1-18H. The molecular formula is C45H18B11N3S. The number of hydrogen-bond acceptors (Lipinski definition) is 4. The fourth-order valence-electron chi connectivity index (χ4n) is 7.60. The van der Waals surface area contributed by atoms with Crippen LogP contribution in [0.1, 0.15) is 0 Å². The van der Waals surface area contributed by atoms with Gasteiger partial charge in [0.15, 0.2) is 17.5 Å². The summed E-state index contributed by atoms with van der Waals surface area (Å²) in [5.41, 5.74) is 7.73. The normalized spacial score (nSPS) is 11.4. The first-order chi connectivity index (χ1) is 28.8. The quantitative estimate of drug-likeness (QED) is 0.205. The van der Waals surface area contributed by atoms with E-state index in [0.29, 0.717) is 42.9 Å². The lowest BCUT2D eigenvalue weighted by atomic mass is 9.58. The van der Waals surface area contributed by atoms with E-state index < -0.39 is 0 Å². The number of benzene rings is 7. The fourth-order valence-corrected chi connectivity index (χ4v) is 8.95. The van der Waals surface area contributed by atoms with Gasteiger partial charge in [-0.3, -0.25) is 0 Å². The van der Waals surface area contributed by atoms with Gasteiger partial charge in [-0.15, -0.1) is 38.7 Å². The summed E-state index contributed by atoms with van der Waals surface area (Å²) >= 11 is 1.24. The molecule has 0 unspecified atom stereocenters. The van der Waals surface area contributed by atoms with Crippen LogP contribution in [0, 0.1) is 0 Å². The van der Waals surface area contributed by atoms with Crippen molar-refractivity contribution < 1.29 is 0 Å². The zero-order chi connectivity index (χ0) is 42.1. The molecule has 60 heavy (non-hydrogen) atoms. The zero-order valence-corrected chi connectivity index (χ0v) is 32.8. The van der Waals surface area contributed by atoms with Crippen molar-refractivity contribution in [3.8, 4) is 67.5 Å². The maximum absolute atomic E-state index is 7.12. The topological polar surface area (TPSA) is 38.7 Å². The summed E-state index contributed by atoms with van der Waals surface area (Å²) in [5.74, 6) is 0.962. The van der Waals surface area contributed by atoms with Crippen molar-refractivity contribution in [3.05, 3.63) is 109 Å². The van der Waals surface area contributed by atoms with Crippen LogP contribution in [-0.4, -0.2) is 101 Å². The van der Waals surface area contributed by atoms with E-state index in [-0.39, 0.29) is 71.5 Å². The predicted octanol–water partition coefficient (Wildman–Crippen LogP) is -1.03. The molecule has 0 atom stereocenters. The average molecular weight is 752 g/mol. The van der Waals surface area contributed by atoms with Crippen molar-refractivity contribution in [2.45, 2.75) is 0 Å². The molecule has 2 heterocycles. The smallest absolute Gasteiger partial charge is 0.164 e. The Bertz CT molecular complexity index is 3170. The Morgan fingerprint density at radius 2 is 0.617 bits per heavy atom. The summed E-state index contributed by atoms with van der Waals surface area (Å²) in [6, 6.07) is 36.2. The van der Waals surface area contributed by atoms with Crippen LogP contribution < -0.4 is 60.1 Å². The van der Waals surface area contributed by atoms with E-state index in [0.717, 1.165) is 33.4 Å². The predicted molar refractivity (Wildman–Crippen MR) is 265 cm³/mol. The van der Waals surface area contributed by atoms with E-state index in [9.17, 15) is 0 Å². The number of nitrogens with zero attached hydrogens (tertiary/aromatic N) is 3. The molecule has 7 aromatic carbocycles. The molecular weight excluding hydrogens is 734 g/mol. The van der Waals surface area contributed by atoms with Crippen molar-refractivity contribution in [3.63, 3.8) is 0 Å².